The lowest BCUT2D eigenvalue weighted by Gasteiger charge is -2.23. The minimum atomic E-state index is -1.93. The van der Waals surface area contributed by atoms with Crippen molar-refractivity contribution in [3.05, 3.63) is 215 Å². The molecule has 328 valence electrons. The predicted octanol–water partition coefficient (Wildman–Crippen LogP) is 14.3. The minimum absolute atomic E-state index is 0.181. The molecule has 5 heterocycles. The molecule has 0 saturated carbocycles. The van der Waals surface area contributed by atoms with Gasteiger partial charge in [0, 0.05) is 22.0 Å². The summed E-state index contributed by atoms with van der Waals surface area (Å²) in [4.78, 5) is 0. The molecular weight excluding hydrogens is 850 g/mol. The molecule has 0 aliphatic carbocycles. The highest BCUT2D eigenvalue weighted by atomic mass is 28.3. The van der Waals surface area contributed by atoms with Crippen molar-refractivity contribution in [3.8, 4) is 61.7 Å². The van der Waals surface area contributed by atoms with Gasteiger partial charge in [0.25, 0.3) is 0 Å². The van der Waals surface area contributed by atoms with Crippen LogP contribution in [0.2, 0.25) is 19.6 Å². The molecule has 68 heavy (non-hydrogen) atoms. The number of fused-ring (bicyclic) bond motifs is 16. The van der Waals surface area contributed by atoms with Gasteiger partial charge in [-0.05, 0) is 127 Å². The molecule has 4 nitrogen and oxygen atoms in total. The average molecular weight is 900 g/mol. The van der Waals surface area contributed by atoms with Crippen LogP contribution < -0.4 is 14.3 Å². The summed E-state index contributed by atoms with van der Waals surface area (Å²) >= 11 is 0. The molecule has 0 N–H and O–H groups in total. The van der Waals surface area contributed by atoms with Gasteiger partial charge >= 0.3 is 11.5 Å². The Hall–Kier alpha value is -7.67. The second-order valence-electron chi connectivity index (χ2n) is 20.2. The van der Waals surface area contributed by atoms with E-state index in [-0.39, 0.29) is 5.82 Å². The van der Waals surface area contributed by atoms with E-state index in [1.165, 1.54) is 21.9 Å². The molecule has 11 aromatic rings. The molecule has 1 spiro atoms. The summed E-state index contributed by atoms with van der Waals surface area (Å²) in [6.45, 7) is 15.6. The zero-order valence-electron chi connectivity index (χ0n) is 39.4. The van der Waals surface area contributed by atoms with Gasteiger partial charge in [-0.1, -0.05) is 140 Å². The van der Waals surface area contributed by atoms with Crippen LogP contribution in [0.15, 0.2) is 180 Å². The Morgan fingerprint density at radius 2 is 1.24 bits per heavy atom. The minimum Gasteiger partial charge on any atom is -0.455 e. The molecule has 3 aromatic heterocycles. The van der Waals surface area contributed by atoms with Gasteiger partial charge in [-0.3, -0.25) is 0 Å². The van der Waals surface area contributed by atoms with Crippen LogP contribution in [-0.2, 0) is 5.66 Å². The van der Waals surface area contributed by atoms with Crippen LogP contribution in [0, 0.1) is 33.5 Å². The number of imidazole rings is 1. The van der Waals surface area contributed by atoms with Gasteiger partial charge in [-0.15, -0.1) is 9.13 Å². The quantitative estimate of drug-likeness (QED) is 0.125. The number of benzene rings is 8. The third-order valence-electron chi connectivity index (χ3n) is 14.8. The van der Waals surface area contributed by atoms with Crippen molar-refractivity contribution in [3.63, 3.8) is 0 Å². The second kappa shape index (κ2) is 14.4. The first-order chi connectivity index (χ1) is 32.9. The van der Waals surface area contributed by atoms with Crippen molar-refractivity contribution in [2.45, 2.75) is 53.0 Å². The van der Waals surface area contributed by atoms with Crippen LogP contribution in [0.5, 0.6) is 0 Å². The number of hydrogen-bond acceptors (Lipinski definition) is 1. The number of hydrogen-bond donors (Lipinski definition) is 0. The first kappa shape index (κ1) is 40.6. The number of furan rings is 1. The van der Waals surface area contributed by atoms with E-state index in [4.69, 9.17) is 4.42 Å². The lowest BCUT2D eigenvalue weighted by molar-refractivity contribution is -0.944. The van der Waals surface area contributed by atoms with E-state index in [9.17, 15) is 0 Å². The maximum atomic E-state index is 17.4. The monoisotopic (exact) mass is 899 g/mol. The maximum Gasteiger partial charge on any atom is 0.365 e. The lowest BCUT2D eigenvalue weighted by Crippen LogP contribution is -2.72. The molecule has 0 amide bonds. The fraction of sp³-hybridized carbons (Fsp3) is 0.129. The largest absolute Gasteiger partial charge is 0.455 e. The van der Waals surface area contributed by atoms with Gasteiger partial charge in [0.1, 0.15) is 22.7 Å². The molecular formula is C62H50FN3OSi+2. The molecule has 0 fully saturated rings. The molecule has 1 atom stereocenters. The SMILES string of the molecule is Cc1ccc(-c2cc(-c3ccc(C)cc3)c3c(c2)oc2c4c(ccc23)C2(c3ccc(C)c(F)c3-c3cc(C)c([Si](C)(C)C)c[n+]32)[n+]2c-4n(-c3cccc(-c4ccccc4)c3)c3ccccc32)cc1. The molecule has 2 aliphatic heterocycles. The van der Waals surface area contributed by atoms with Crippen LogP contribution in [0.25, 0.3) is 94.7 Å². The summed E-state index contributed by atoms with van der Waals surface area (Å²) in [7, 11) is -1.93. The first-order valence-electron chi connectivity index (χ1n) is 23.7. The lowest BCUT2D eigenvalue weighted by atomic mass is 9.87. The number of halogens is 1. The van der Waals surface area contributed by atoms with Gasteiger partial charge in [0.05, 0.1) is 24.8 Å². The Morgan fingerprint density at radius 3 is 1.99 bits per heavy atom. The highest BCUT2D eigenvalue weighted by Gasteiger charge is 2.68. The molecule has 0 radical (unpaired) electrons. The van der Waals surface area contributed by atoms with Crippen molar-refractivity contribution in [2.24, 2.45) is 0 Å². The number of para-hydroxylation sites is 2. The summed E-state index contributed by atoms with van der Waals surface area (Å²) in [5.41, 5.74) is 19.2. The van der Waals surface area contributed by atoms with E-state index in [0.717, 1.165) is 100 Å². The van der Waals surface area contributed by atoms with E-state index in [1.807, 2.05) is 13.0 Å². The Labute approximate surface area is 396 Å². The van der Waals surface area contributed by atoms with Gasteiger partial charge in [-0.25, -0.2) is 4.39 Å². The smallest absolute Gasteiger partial charge is 0.365 e. The molecule has 6 heteroatoms. The molecule has 0 saturated heterocycles. The summed E-state index contributed by atoms with van der Waals surface area (Å²) in [6, 6.07) is 61.3. The predicted molar refractivity (Wildman–Crippen MR) is 278 cm³/mol. The molecule has 8 aromatic carbocycles. The van der Waals surface area contributed by atoms with Crippen molar-refractivity contribution in [2.75, 3.05) is 0 Å². The van der Waals surface area contributed by atoms with Crippen LogP contribution in [0.3, 0.4) is 0 Å². The Balaban J connectivity index is 1.23. The maximum absolute atomic E-state index is 17.4. The summed E-state index contributed by atoms with van der Waals surface area (Å²) < 4.78 is 32.3. The van der Waals surface area contributed by atoms with Crippen molar-refractivity contribution < 1.29 is 17.9 Å². The van der Waals surface area contributed by atoms with Crippen LogP contribution in [-0.4, -0.2) is 12.6 Å². The third-order valence-corrected chi connectivity index (χ3v) is 17.0. The molecule has 0 bridgehead atoms. The Morgan fingerprint density at radius 1 is 0.574 bits per heavy atom. The summed E-state index contributed by atoms with van der Waals surface area (Å²) in [6.07, 6.45) is 2.38. The van der Waals surface area contributed by atoms with Crippen LogP contribution in [0.4, 0.5) is 4.39 Å². The molecule has 2 aliphatic rings. The number of aromatic nitrogens is 3. The first-order valence-corrected chi connectivity index (χ1v) is 27.2. The van der Waals surface area contributed by atoms with Crippen LogP contribution >= 0.6 is 0 Å². The Kier molecular flexibility index (Phi) is 8.60. The summed E-state index contributed by atoms with van der Waals surface area (Å²) in [5.74, 6) is 0.800. The summed E-state index contributed by atoms with van der Waals surface area (Å²) in [5, 5.41) is 3.45. The number of rotatable bonds is 5. The molecule has 13 rings (SSSR count). The average Bonchev–Trinajstić information content (AvgIpc) is 4.06. The fourth-order valence-corrected chi connectivity index (χ4v) is 13.4. The van der Waals surface area contributed by atoms with Gasteiger partial charge in [-0.2, -0.15) is 4.57 Å². The fourth-order valence-electron chi connectivity index (χ4n) is 11.7. The zero-order valence-corrected chi connectivity index (χ0v) is 40.4. The van der Waals surface area contributed by atoms with Crippen molar-refractivity contribution >= 4 is 46.2 Å². The topological polar surface area (TPSA) is 25.8 Å². The Bertz CT molecular complexity index is 3930. The highest BCUT2D eigenvalue weighted by molar-refractivity contribution is 6.89. The van der Waals surface area contributed by atoms with Crippen molar-refractivity contribution in [1.29, 1.82) is 0 Å². The van der Waals surface area contributed by atoms with E-state index in [2.05, 4.69) is 224 Å². The van der Waals surface area contributed by atoms with Gasteiger partial charge < -0.3 is 4.42 Å². The third kappa shape index (κ3) is 5.58. The highest BCUT2D eigenvalue weighted by Crippen LogP contribution is 2.54. The van der Waals surface area contributed by atoms with E-state index >= 15 is 4.39 Å². The van der Waals surface area contributed by atoms with Crippen molar-refractivity contribution in [1.82, 2.24) is 4.57 Å². The number of pyridine rings is 1. The van der Waals surface area contributed by atoms with E-state index in [0.29, 0.717) is 11.1 Å². The molecule has 1 unspecified atom stereocenters. The number of nitrogens with zero attached hydrogens (tertiary/aromatic N) is 3. The second-order valence-corrected chi connectivity index (χ2v) is 25.2. The van der Waals surface area contributed by atoms with Gasteiger partial charge in [0.15, 0.2) is 22.8 Å². The normalized spacial score (nSPS) is 14.8. The van der Waals surface area contributed by atoms with Gasteiger partial charge in [0.2, 0.25) is 5.69 Å². The van der Waals surface area contributed by atoms with E-state index in [1.54, 1.807) is 0 Å². The standard InChI is InChI=1S/C62H50FN3OSi/c1-37-20-25-42(26-21-37)45-34-48(43-27-22-38(2)23-28-43)56-47-29-31-50-58(60(47)67-54(56)35-45)61-65(46-17-13-16-44(33-46)41-14-9-8-10-15-41)51-18-11-12-19-52(51)66(61)62(50)49-30-24-39(3)59(63)57(49)53-32-40(4)55(36-64(53)62)68(5,6)7/h8-36H,1-7H3/q+2. The van der Waals surface area contributed by atoms with Crippen LogP contribution in [0.1, 0.15) is 33.4 Å². The van der Waals surface area contributed by atoms with E-state index < -0.39 is 13.7 Å². The zero-order chi connectivity index (χ0) is 46.4. The number of aryl methyl sites for hydroxylation is 4.